The number of phenolic OH excluding ortho intramolecular Hbond substituents is 1. The third kappa shape index (κ3) is 2.53. The molecular formula is C12H12ClN3O4. The third-order valence-electron chi connectivity index (χ3n) is 2.53. The number of aromatic nitrogens is 3. The van der Waals surface area contributed by atoms with Crippen LogP contribution in [0.15, 0.2) is 12.1 Å². The highest BCUT2D eigenvalue weighted by Crippen LogP contribution is 2.39. The lowest BCUT2D eigenvalue weighted by molar-refractivity contribution is 0.0520. The van der Waals surface area contributed by atoms with Gasteiger partial charge in [0.25, 0.3) is 0 Å². The molecule has 0 aliphatic rings. The maximum absolute atomic E-state index is 11.8. The summed E-state index contributed by atoms with van der Waals surface area (Å²) in [6.45, 7) is 1.88. The van der Waals surface area contributed by atoms with Gasteiger partial charge in [-0.3, -0.25) is 0 Å². The number of H-pyrrole nitrogens is 1. The zero-order chi connectivity index (χ0) is 14.7. The number of carbonyl (C=O) groups is 1. The van der Waals surface area contributed by atoms with Crippen LogP contribution in [0, 0.1) is 0 Å². The van der Waals surface area contributed by atoms with Gasteiger partial charge >= 0.3 is 5.97 Å². The van der Waals surface area contributed by atoms with E-state index in [4.69, 9.17) is 21.1 Å². The Labute approximate surface area is 119 Å². The minimum Gasteiger partial charge on any atom is -0.507 e. The fraction of sp³-hybridized carbons (Fsp3) is 0.250. The molecule has 1 heterocycles. The number of phenols is 1. The number of aromatic amines is 1. The first-order valence-electron chi connectivity index (χ1n) is 5.73. The molecular weight excluding hydrogens is 286 g/mol. The highest BCUT2D eigenvalue weighted by atomic mass is 35.5. The number of esters is 1. The zero-order valence-electron chi connectivity index (χ0n) is 10.8. The summed E-state index contributed by atoms with van der Waals surface area (Å²) in [4.78, 5) is 11.8. The van der Waals surface area contributed by atoms with E-state index in [-0.39, 0.29) is 34.3 Å². The molecule has 1 aromatic heterocycles. The molecule has 0 atom stereocenters. The molecule has 0 saturated heterocycles. The van der Waals surface area contributed by atoms with Crippen LogP contribution in [0.1, 0.15) is 17.4 Å². The molecule has 0 amide bonds. The minimum absolute atomic E-state index is 0.0470. The molecule has 0 saturated carbocycles. The number of rotatable bonds is 4. The molecule has 0 fully saturated rings. The second kappa shape index (κ2) is 5.79. The predicted octanol–water partition coefficient (Wildman–Crippen LogP) is 2.02. The largest absolute Gasteiger partial charge is 0.507 e. The fourth-order valence-electron chi connectivity index (χ4n) is 1.67. The number of methoxy groups -OCH3 is 1. The molecule has 1 aromatic carbocycles. The van der Waals surface area contributed by atoms with E-state index in [0.717, 1.165) is 0 Å². The molecule has 0 radical (unpaired) electrons. The van der Waals surface area contributed by atoms with Gasteiger partial charge in [-0.1, -0.05) is 11.6 Å². The standard InChI is InChI=1S/C12H12ClN3O4/c1-3-20-12(18)11-10(14-16-15-11)9-7(13)4-6(19-2)5-8(9)17/h4-5,17H,3H2,1-2H3,(H,14,15,16). The third-order valence-corrected chi connectivity index (χ3v) is 2.83. The lowest BCUT2D eigenvalue weighted by Crippen LogP contribution is -2.07. The number of aromatic hydroxyl groups is 1. The van der Waals surface area contributed by atoms with Gasteiger partial charge in [-0.25, -0.2) is 4.79 Å². The molecule has 8 heteroatoms. The van der Waals surface area contributed by atoms with E-state index in [0.29, 0.717) is 5.75 Å². The number of ether oxygens (including phenoxy) is 2. The first kappa shape index (κ1) is 14.1. The Morgan fingerprint density at radius 3 is 2.80 bits per heavy atom. The summed E-state index contributed by atoms with van der Waals surface area (Å²) in [5.74, 6) is -0.436. The van der Waals surface area contributed by atoms with Crippen LogP contribution in [0.3, 0.4) is 0 Å². The van der Waals surface area contributed by atoms with Gasteiger partial charge in [0.15, 0.2) is 5.69 Å². The second-order valence-corrected chi connectivity index (χ2v) is 4.15. The van der Waals surface area contributed by atoms with Crippen molar-refractivity contribution >= 4 is 17.6 Å². The van der Waals surface area contributed by atoms with Gasteiger partial charge in [-0.2, -0.15) is 10.3 Å². The number of nitrogens with zero attached hydrogens (tertiary/aromatic N) is 2. The van der Waals surface area contributed by atoms with E-state index in [1.165, 1.54) is 19.2 Å². The molecule has 7 nitrogen and oxygen atoms in total. The summed E-state index contributed by atoms with van der Waals surface area (Å²) >= 11 is 6.08. The van der Waals surface area contributed by atoms with E-state index in [9.17, 15) is 9.90 Å². The molecule has 0 aliphatic heterocycles. The van der Waals surface area contributed by atoms with Crippen LogP contribution in [0.5, 0.6) is 11.5 Å². The molecule has 2 N–H and O–H groups in total. The predicted molar refractivity (Wildman–Crippen MR) is 71.0 cm³/mol. The van der Waals surface area contributed by atoms with Crippen molar-refractivity contribution in [3.8, 4) is 22.8 Å². The van der Waals surface area contributed by atoms with Crippen LogP contribution in [0.25, 0.3) is 11.3 Å². The Morgan fingerprint density at radius 1 is 1.45 bits per heavy atom. The lowest BCUT2D eigenvalue weighted by Gasteiger charge is -2.08. The van der Waals surface area contributed by atoms with E-state index in [1.54, 1.807) is 6.92 Å². The summed E-state index contributed by atoms with van der Waals surface area (Å²) in [6.07, 6.45) is 0. The molecule has 2 rings (SSSR count). The van der Waals surface area contributed by atoms with Gasteiger partial charge in [0.05, 0.1) is 24.3 Å². The van der Waals surface area contributed by atoms with E-state index >= 15 is 0 Å². The second-order valence-electron chi connectivity index (χ2n) is 3.74. The van der Waals surface area contributed by atoms with Crippen LogP contribution in [-0.2, 0) is 4.74 Å². The molecule has 0 spiro atoms. The highest BCUT2D eigenvalue weighted by Gasteiger charge is 2.24. The Morgan fingerprint density at radius 2 is 2.20 bits per heavy atom. The summed E-state index contributed by atoms with van der Waals surface area (Å²) in [5, 5.41) is 20.1. The summed E-state index contributed by atoms with van der Waals surface area (Å²) in [7, 11) is 1.45. The topological polar surface area (TPSA) is 97.3 Å². The van der Waals surface area contributed by atoms with Crippen LogP contribution < -0.4 is 4.74 Å². The Bertz CT molecular complexity index is 618. The highest BCUT2D eigenvalue weighted by molar-refractivity contribution is 6.34. The van der Waals surface area contributed by atoms with Crippen molar-refractivity contribution in [3.05, 3.63) is 22.8 Å². The quantitative estimate of drug-likeness (QED) is 0.838. The van der Waals surface area contributed by atoms with Crippen molar-refractivity contribution < 1.29 is 19.4 Å². The maximum Gasteiger partial charge on any atom is 0.361 e. The van der Waals surface area contributed by atoms with E-state index in [2.05, 4.69) is 15.4 Å². The lowest BCUT2D eigenvalue weighted by atomic mass is 10.1. The van der Waals surface area contributed by atoms with Crippen LogP contribution in [0.2, 0.25) is 5.02 Å². The van der Waals surface area contributed by atoms with Crippen molar-refractivity contribution in [1.29, 1.82) is 0 Å². The van der Waals surface area contributed by atoms with Crippen LogP contribution in [0.4, 0.5) is 0 Å². The molecule has 106 valence electrons. The van der Waals surface area contributed by atoms with Gasteiger partial charge in [-0.05, 0) is 13.0 Å². The van der Waals surface area contributed by atoms with Crippen LogP contribution in [-0.4, -0.2) is 40.2 Å². The maximum atomic E-state index is 11.8. The number of hydrogen-bond acceptors (Lipinski definition) is 6. The molecule has 0 aliphatic carbocycles. The number of hydrogen-bond donors (Lipinski definition) is 2. The first-order chi connectivity index (χ1) is 9.58. The summed E-state index contributed by atoms with van der Waals surface area (Å²) in [5.41, 5.74) is 0.257. The van der Waals surface area contributed by atoms with Crippen molar-refractivity contribution in [1.82, 2.24) is 15.4 Å². The van der Waals surface area contributed by atoms with Gasteiger partial charge in [-0.15, -0.1) is 5.10 Å². The smallest absolute Gasteiger partial charge is 0.361 e. The van der Waals surface area contributed by atoms with Crippen molar-refractivity contribution in [2.75, 3.05) is 13.7 Å². The van der Waals surface area contributed by atoms with Gasteiger partial charge < -0.3 is 14.6 Å². The van der Waals surface area contributed by atoms with Gasteiger partial charge in [0.2, 0.25) is 0 Å². The Balaban J connectivity index is 2.53. The zero-order valence-corrected chi connectivity index (χ0v) is 11.6. The minimum atomic E-state index is -0.650. The number of halogens is 1. The molecule has 0 unspecified atom stereocenters. The number of nitrogens with one attached hydrogen (secondary N) is 1. The average Bonchev–Trinajstić information content (AvgIpc) is 2.87. The van der Waals surface area contributed by atoms with Crippen LogP contribution >= 0.6 is 11.6 Å². The van der Waals surface area contributed by atoms with Gasteiger partial charge in [0.1, 0.15) is 17.2 Å². The van der Waals surface area contributed by atoms with E-state index < -0.39 is 5.97 Å². The summed E-state index contributed by atoms with van der Waals surface area (Å²) in [6, 6.07) is 2.87. The van der Waals surface area contributed by atoms with Gasteiger partial charge in [0, 0.05) is 6.07 Å². The summed E-state index contributed by atoms with van der Waals surface area (Å²) < 4.78 is 9.85. The average molecular weight is 298 g/mol. The molecule has 0 bridgehead atoms. The van der Waals surface area contributed by atoms with Crippen molar-refractivity contribution in [2.45, 2.75) is 6.92 Å². The molecule has 20 heavy (non-hydrogen) atoms. The number of benzene rings is 1. The Hall–Kier alpha value is -2.28. The number of carbonyl (C=O) groups excluding carboxylic acids is 1. The van der Waals surface area contributed by atoms with E-state index in [1.807, 2.05) is 0 Å². The normalized spacial score (nSPS) is 10.3. The Kier molecular flexibility index (Phi) is 4.09. The van der Waals surface area contributed by atoms with Crippen molar-refractivity contribution in [3.63, 3.8) is 0 Å². The van der Waals surface area contributed by atoms with Crippen molar-refractivity contribution in [2.24, 2.45) is 0 Å². The first-order valence-corrected chi connectivity index (χ1v) is 6.11. The monoisotopic (exact) mass is 297 g/mol. The molecule has 2 aromatic rings. The fourth-order valence-corrected chi connectivity index (χ4v) is 1.96. The SMILES string of the molecule is CCOC(=O)c1n[nH]nc1-c1c(O)cc(OC)cc1Cl.